The second-order valence-corrected chi connectivity index (χ2v) is 10.1. The molecule has 4 aromatic carbocycles. The molecule has 1 saturated heterocycles. The summed E-state index contributed by atoms with van der Waals surface area (Å²) in [4.78, 5) is 0. The molecule has 176 valence electrons. The molecule has 1 aliphatic heterocycles. The molecule has 2 heteroatoms. The maximum absolute atomic E-state index is 6.59. The fraction of sp³-hybridized carbons (Fsp3) is 0.176. The summed E-state index contributed by atoms with van der Waals surface area (Å²) in [7, 11) is 0. The summed E-state index contributed by atoms with van der Waals surface area (Å²) in [6, 6.07) is 35.7. The van der Waals surface area contributed by atoms with Crippen LogP contribution < -0.4 is 16.0 Å². The number of rotatable bonds is 5. The zero-order valence-electron chi connectivity index (χ0n) is 20.4. The maximum atomic E-state index is 6.59. The van der Waals surface area contributed by atoms with Gasteiger partial charge in [0.05, 0.1) is 12.1 Å². The van der Waals surface area contributed by atoms with E-state index in [1.54, 1.807) is 0 Å². The highest BCUT2D eigenvalue weighted by Crippen LogP contribution is 2.48. The van der Waals surface area contributed by atoms with Crippen LogP contribution in [0.4, 0.5) is 0 Å². The zero-order chi connectivity index (χ0) is 24.1. The van der Waals surface area contributed by atoms with E-state index in [0.29, 0.717) is 12.0 Å². The molecule has 3 unspecified atom stereocenters. The van der Waals surface area contributed by atoms with E-state index in [4.69, 9.17) is 4.42 Å². The van der Waals surface area contributed by atoms with Crippen molar-refractivity contribution in [3.63, 3.8) is 0 Å². The van der Waals surface area contributed by atoms with Crippen LogP contribution in [-0.2, 0) is 0 Å². The van der Waals surface area contributed by atoms with Gasteiger partial charge in [0.15, 0.2) is 0 Å². The molecule has 7 rings (SSSR count). The lowest BCUT2D eigenvalue weighted by Gasteiger charge is -2.15. The summed E-state index contributed by atoms with van der Waals surface area (Å²) in [6.07, 6.45) is 6.70. The largest absolute Gasteiger partial charge is 0.456 e. The predicted molar refractivity (Wildman–Crippen MR) is 148 cm³/mol. The second kappa shape index (κ2) is 8.65. The minimum Gasteiger partial charge on any atom is -0.456 e. The summed E-state index contributed by atoms with van der Waals surface area (Å²) < 4.78 is 6.59. The first-order valence-corrected chi connectivity index (χ1v) is 13.0. The molecule has 1 aliphatic carbocycles. The lowest BCUT2D eigenvalue weighted by atomic mass is 9.88. The fourth-order valence-corrected chi connectivity index (χ4v) is 5.83. The number of benzene rings is 4. The molecule has 3 atom stereocenters. The van der Waals surface area contributed by atoms with E-state index < -0.39 is 0 Å². The summed E-state index contributed by atoms with van der Waals surface area (Å²) in [5.41, 5.74) is 9.83. The first-order valence-electron chi connectivity index (χ1n) is 13.0. The SMILES string of the molecule is CC(c1ccccc1)c1cccc(-c2ccc3c4c(oc3c2C2NC2c2ccccc2)=CCCC=4)c1. The molecule has 1 aromatic heterocycles. The molecule has 0 spiro atoms. The second-order valence-electron chi connectivity index (χ2n) is 10.1. The predicted octanol–water partition coefficient (Wildman–Crippen LogP) is 6.99. The Morgan fingerprint density at radius 2 is 1.50 bits per heavy atom. The molecule has 36 heavy (non-hydrogen) atoms. The summed E-state index contributed by atoms with van der Waals surface area (Å²) in [5, 5.41) is 6.25. The Labute approximate surface area is 211 Å². The lowest BCUT2D eigenvalue weighted by molar-refractivity contribution is 0.567. The van der Waals surface area contributed by atoms with Gasteiger partial charge in [-0.05, 0) is 52.8 Å². The average Bonchev–Trinajstić information content (AvgIpc) is 3.65. The molecule has 0 bridgehead atoms. The molecule has 2 heterocycles. The molecule has 1 N–H and O–H groups in total. The Bertz CT molecular complexity index is 1680. The Morgan fingerprint density at radius 1 is 0.750 bits per heavy atom. The van der Waals surface area contributed by atoms with E-state index in [0.717, 1.165) is 23.8 Å². The van der Waals surface area contributed by atoms with Gasteiger partial charge in [-0.2, -0.15) is 0 Å². The Hall–Kier alpha value is -3.88. The highest BCUT2D eigenvalue weighted by Gasteiger charge is 2.42. The molecular formula is C34H29NO. The smallest absolute Gasteiger partial charge is 0.140 e. The van der Waals surface area contributed by atoms with Crippen LogP contribution in [-0.4, -0.2) is 0 Å². The van der Waals surface area contributed by atoms with Crippen molar-refractivity contribution < 1.29 is 4.42 Å². The molecule has 5 aromatic rings. The molecule has 2 aliphatic rings. The summed E-state index contributed by atoms with van der Waals surface area (Å²) in [6.45, 7) is 2.29. The van der Waals surface area contributed by atoms with Gasteiger partial charge in [-0.3, -0.25) is 5.32 Å². The van der Waals surface area contributed by atoms with E-state index in [1.165, 1.54) is 44.0 Å². The van der Waals surface area contributed by atoms with Gasteiger partial charge >= 0.3 is 0 Å². The molecule has 0 saturated carbocycles. The molecule has 0 amide bonds. The Balaban J connectivity index is 1.39. The van der Waals surface area contributed by atoms with Gasteiger partial charge in [-0.1, -0.05) is 104 Å². The van der Waals surface area contributed by atoms with Crippen LogP contribution in [0.15, 0.2) is 101 Å². The van der Waals surface area contributed by atoms with E-state index >= 15 is 0 Å². The first kappa shape index (κ1) is 21.4. The van der Waals surface area contributed by atoms with Crippen molar-refractivity contribution in [1.82, 2.24) is 5.32 Å². The van der Waals surface area contributed by atoms with Crippen molar-refractivity contribution in [3.05, 3.63) is 130 Å². The summed E-state index contributed by atoms with van der Waals surface area (Å²) >= 11 is 0. The number of fused-ring (bicyclic) bond motifs is 3. The van der Waals surface area contributed by atoms with Crippen molar-refractivity contribution in [2.75, 3.05) is 0 Å². The highest BCUT2D eigenvalue weighted by atomic mass is 16.3. The van der Waals surface area contributed by atoms with Gasteiger partial charge in [-0.15, -0.1) is 0 Å². The van der Waals surface area contributed by atoms with Crippen molar-refractivity contribution in [2.24, 2.45) is 0 Å². The van der Waals surface area contributed by atoms with Crippen LogP contribution >= 0.6 is 0 Å². The van der Waals surface area contributed by atoms with Gasteiger partial charge < -0.3 is 4.42 Å². The van der Waals surface area contributed by atoms with Crippen molar-refractivity contribution in [1.29, 1.82) is 0 Å². The average molecular weight is 468 g/mol. The molecular weight excluding hydrogens is 438 g/mol. The van der Waals surface area contributed by atoms with Crippen LogP contribution in [0.25, 0.3) is 34.2 Å². The quantitative estimate of drug-likeness (QED) is 0.283. The van der Waals surface area contributed by atoms with Crippen LogP contribution in [0.5, 0.6) is 0 Å². The third kappa shape index (κ3) is 3.61. The maximum Gasteiger partial charge on any atom is 0.140 e. The third-order valence-corrected chi connectivity index (χ3v) is 7.86. The van der Waals surface area contributed by atoms with Gasteiger partial charge in [0, 0.05) is 22.1 Å². The fourth-order valence-electron chi connectivity index (χ4n) is 5.83. The van der Waals surface area contributed by atoms with Gasteiger partial charge in [-0.25, -0.2) is 0 Å². The minimum atomic E-state index is 0.230. The lowest BCUT2D eigenvalue weighted by Crippen LogP contribution is -2.21. The highest BCUT2D eigenvalue weighted by molar-refractivity contribution is 5.90. The monoisotopic (exact) mass is 467 g/mol. The van der Waals surface area contributed by atoms with Gasteiger partial charge in [0.2, 0.25) is 0 Å². The minimum absolute atomic E-state index is 0.230. The Kier molecular flexibility index (Phi) is 5.15. The summed E-state index contributed by atoms with van der Waals surface area (Å²) in [5.74, 6) is 0.328. The van der Waals surface area contributed by atoms with Crippen LogP contribution in [0, 0.1) is 0 Å². The zero-order valence-corrected chi connectivity index (χ0v) is 20.4. The van der Waals surface area contributed by atoms with Crippen LogP contribution in [0.2, 0.25) is 0 Å². The van der Waals surface area contributed by atoms with Gasteiger partial charge in [0.25, 0.3) is 0 Å². The number of hydrogen-bond donors (Lipinski definition) is 1. The molecule has 1 fully saturated rings. The Morgan fingerprint density at radius 3 is 2.33 bits per heavy atom. The number of furan rings is 1. The van der Waals surface area contributed by atoms with E-state index in [9.17, 15) is 0 Å². The van der Waals surface area contributed by atoms with Crippen molar-refractivity contribution >= 4 is 23.1 Å². The van der Waals surface area contributed by atoms with Crippen LogP contribution in [0.1, 0.15) is 60.0 Å². The van der Waals surface area contributed by atoms with Crippen molar-refractivity contribution in [2.45, 2.75) is 37.8 Å². The van der Waals surface area contributed by atoms with Crippen LogP contribution in [0.3, 0.4) is 0 Å². The van der Waals surface area contributed by atoms with E-state index in [-0.39, 0.29) is 6.04 Å². The van der Waals surface area contributed by atoms with Gasteiger partial charge in [0.1, 0.15) is 11.0 Å². The van der Waals surface area contributed by atoms with Crippen molar-refractivity contribution in [3.8, 4) is 11.1 Å². The number of nitrogens with one attached hydrogen (secondary N) is 1. The first-order chi connectivity index (χ1) is 17.8. The molecule has 2 nitrogen and oxygen atoms in total. The number of hydrogen-bond acceptors (Lipinski definition) is 2. The molecule has 0 radical (unpaired) electrons. The normalized spacial score (nSPS) is 19.2. The van der Waals surface area contributed by atoms with E-state index in [2.05, 4.69) is 121 Å². The standard InChI is InChI=1S/C34H29NO/c1-22(23-11-4-2-5-12-23)25-15-10-16-26(21-25)27-19-20-29-28-17-8-9-18-30(28)36-34(29)31(27)33-32(35-33)24-13-6-3-7-14-24/h2-7,10-22,32-33,35H,8-9H2,1H3. The topological polar surface area (TPSA) is 35.1 Å². The van der Waals surface area contributed by atoms with E-state index in [1.807, 2.05) is 0 Å². The third-order valence-electron chi connectivity index (χ3n) is 7.86.